The Morgan fingerprint density at radius 3 is 2.25 bits per heavy atom. The molecule has 1 atom stereocenters. The van der Waals surface area contributed by atoms with Gasteiger partial charge in [-0.3, -0.25) is 4.79 Å². The number of hydrogen-bond donors (Lipinski definition) is 0. The summed E-state index contributed by atoms with van der Waals surface area (Å²) in [6.45, 7) is 14.0. The van der Waals surface area contributed by atoms with Gasteiger partial charge in [0, 0.05) is 19.4 Å². The minimum atomic E-state index is -1.72. The minimum Gasteiger partial charge on any atom is -0.497 e. The van der Waals surface area contributed by atoms with E-state index in [1.165, 1.54) is 5.56 Å². The Morgan fingerprint density at radius 2 is 1.75 bits per heavy atom. The van der Waals surface area contributed by atoms with Crippen LogP contribution in [0.2, 0.25) is 18.1 Å². The second-order valence-electron chi connectivity index (χ2n) is 8.27. The monoisotopic (exact) mass is 350 g/mol. The maximum atomic E-state index is 12.2. The molecule has 0 saturated heterocycles. The van der Waals surface area contributed by atoms with Gasteiger partial charge in [-0.05, 0) is 48.2 Å². The molecule has 0 saturated carbocycles. The summed E-state index contributed by atoms with van der Waals surface area (Å²) in [5.74, 6) is 1.45. The third-order valence-corrected chi connectivity index (χ3v) is 9.46. The maximum Gasteiger partial charge on any atom is 0.191 e. The quantitative estimate of drug-likeness (QED) is 0.571. The number of methoxy groups -OCH3 is 1. The van der Waals surface area contributed by atoms with E-state index in [0.717, 1.165) is 12.2 Å². The molecule has 0 fully saturated rings. The van der Waals surface area contributed by atoms with Crippen molar-refractivity contribution in [2.24, 2.45) is 5.92 Å². The van der Waals surface area contributed by atoms with Crippen LogP contribution in [0.3, 0.4) is 0 Å². The number of rotatable bonds is 9. The lowest BCUT2D eigenvalue weighted by Gasteiger charge is -2.37. The molecular weight excluding hydrogens is 316 g/mol. The van der Waals surface area contributed by atoms with Crippen LogP contribution in [0, 0.1) is 5.92 Å². The molecule has 0 heterocycles. The van der Waals surface area contributed by atoms with Crippen molar-refractivity contribution in [3.8, 4) is 5.75 Å². The Hall–Kier alpha value is -1.13. The van der Waals surface area contributed by atoms with Crippen molar-refractivity contribution < 1.29 is 14.0 Å². The molecule has 4 heteroatoms. The first kappa shape index (κ1) is 20.9. The van der Waals surface area contributed by atoms with Crippen LogP contribution in [0.4, 0.5) is 0 Å². The molecule has 3 nitrogen and oxygen atoms in total. The lowest BCUT2D eigenvalue weighted by atomic mass is 10.0. The summed E-state index contributed by atoms with van der Waals surface area (Å²) in [5, 5.41) is 0.213. The summed E-state index contributed by atoms with van der Waals surface area (Å²) in [5.41, 5.74) is 1.18. The third kappa shape index (κ3) is 6.77. The van der Waals surface area contributed by atoms with Crippen molar-refractivity contribution in [2.75, 3.05) is 13.7 Å². The molecule has 0 bridgehead atoms. The number of carbonyl (C=O) groups excluding carboxylic acids is 1. The highest BCUT2D eigenvalue weighted by atomic mass is 28.4. The van der Waals surface area contributed by atoms with Crippen LogP contribution >= 0.6 is 0 Å². The zero-order chi connectivity index (χ0) is 18.4. The van der Waals surface area contributed by atoms with E-state index in [-0.39, 0.29) is 11.0 Å². The fourth-order valence-electron chi connectivity index (χ4n) is 2.19. The predicted octanol–water partition coefficient (Wildman–Crippen LogP) is 5.24. The van der Waals surface area contributed by atoms with Crippen molar-refractivity contribution in [1.29, 1.82) is 0 Å². The first-order valence-electron chi connectivity index (χ1n) is 8.84. The smallest absolute Gasteiger partial charge is 0.191 e. The van der Waals surface area contributed by atoms with E-state index in [1.54, 1.807) is 7.11 Å². The van der Waals surface area contributed by atoms with Gasteiger partial charge < -0.3 is 9.16 Å². The lowest BCUT2D eigenvalue weighted by molar-refractivity contribution is -0.120. The van der Waals surface area contributed by atoms with Gasteiger partial charge in [0.1, 0.15) is 11.5 Å². The van der Waals surface area contributed by atoms with Crippen molar-refractivity contribution >= 4 is 14.1 Å². The number of benzene rings is 1. The first-order chi connectivity index (χ1) is 11.0. The second kappa shape index (κ2) is 8.81. The average molecular weight is 351 g/mol. The van der Waals surface area contributed by atoms with E-state index >= 15 is 0 Å². The van der Waals surface area contributed by atoms with Gasteiger partial charge in [0.05, 0.1) is 7.11 Å². The Labute approximate surface area is 148 Å². The summed E-state index contributed by atoms with van der Waals surface area (Å²) >= 11 is 0. The van der Waals surface area contributed by atoms with Crippen LogP contribution in [0.15, 0.2) is 24.3 Å². The highest BCUT2D eigenvalue weighted by molar-refractivity contribution is 6.74. The second-order valence-corrected chi connectivity index (χ2v) is 13.1. The Balaban J connectivity index is 2.36. The summed E-state index contributed by atoms with van der Waals surface area (Å²) in [6.07, 6.45) is 1.99. The molecule has 0 aromatic heterocycles. The molecule has 0 spiro atoms. The molecule has 0 aliphatic heterocycles. The van der Waals surface area contributed by atoms with Crippen molar-refractivity contribution in [3.05, 3.63) is 29.8 Å². The number of hydrogen-bond acceptors (Lipinski definition) is 3. The largest absolute Gasteiger partial charge is 0.497 e. The molecule has 0 radical (unpaired) electrons. The van der Waals surface area contributed by atoms with Crippen molar-refractivity contribution in [2.45, 2.75) is 65.1 Å². The third-order valence-electron chi connectivity index (χ3n) is 4.96. The predicted molar refractivity (Wildman–Crippen MR) is 103 cm³/mol. The van der Waals surface area contributed by atoms with E-state index in [4.69, 9.17) is 9.16 Å². The molecule has 1 aromatic rings. The van der Waals surface area contributed by atoms with E-state index in [1.807, 2.05) is 24.3 Å². The molecular formula is C20H34O3Si. The fourth-order valence-corrected chi connectivity index (χ4v) is 3.33. The fraction of sp³-hybridized carbons (Fsp3) is 0.650. The van der Waals surface area contributed by atoms with Gasteiger partial charge in [-0.1, -0.05) is 39.8 Å². The molecule has 0 amide bonds. The Kier molecular flexibility index (Phi) is 7.68. The van der Waals surface area contributed by atoms with E-state index in [0.29, 0.717) is 25.2 Å². The molecule has 24 heavy (non-hydrogen) atoms. The van der Waals surface area contributed by atoms with Gasteiger partial charge in [0.15, 0.2) is 8.32 Å². The molecule has 1 unspecified atom stereocenters. The van der Waals surface area contributed by atoms with E-state index in [2.05, 4.69) is 40.8 Å². The molecule has 1 aromatic carbocycles. The zero-order valence-corrected chi connectivity index (χ0v) is 17.4. The summed E-state index contributed by atoms with van der Waals surface area (Å²) in [7, 11) is -0.0636. The van der Waals surface area contributed by atoms with Crippen LogP contribution < -0.4 is 4.74 Å². The van der Waals surface area contributed by atoms with Crippen molar-refractivity contribution in [1.82, 2.24) is 0 Å². The number of ketones is 1. The molecule has 0 aliphatic carbocycles. The van der Waals surface area contributed by atoms with Crippen LogP contribution in [0.1, 0.15) is 46.1 Å². The maximum absolute atomic E-state index is 12.2. The van der Waals surface area contributed by atoms with E-state index < -0.39 is 8.32 Å². The van der Waals surface area contributed by atoms with Crippen LogP contribution in [-0.2, 0) is 15.6 Å². The summed E-state index contributed by atoms with van der Waals surface area (Å²) in [6, 6.07) is 7.93. The molecule has 1 rings (SSSR count). The van der Waals surface area contributed by atoms with Gasteiger partial charge in [0.25, 0.3) is 0 Å². The van der Waals surface area contributed by atoms with Crippen molar-refractivity contribution in [3.63, 3.8) is 0 Å². The number of Topliss-reactive ketones (excluding diaryl/α,β-unsaturated/α-hetero) is 1. The molecule has 0 aliphatic rings. The number of ether oxygens (including phenoxy) is 1. The Bertz CT molecular complexity index is 515. The van der Waals surface area contributed by atoms with Gasteiger partial charge >= 0.3 is 0 Å². The summed E-state index contributed by atoms with van der Waals surface area (Å²) in [4.78, 5) is 12.2. The van der Waals surface area contributed by atoms with Gasteiger partial charge in [-0.25, -0.2) is 0 Å². The zero-order valence-electron chi connectivity index (χ0n) is 16.4. The lowest BCUT2D eigenvalue weighted by Crippen LogP contribution is -2.41. The van der Waals surface area contributed by atoms with Gasteiger partial charge in [-0.2, -0.15) is 0 Å². The average Bonchev–Trinajstić information content (AvgIpc) is 2.50. The first-order valence-corrected chi connectivity index (χ1v) is 11.7. The van der Waals surface area contributed by atoms with Gasteiger partial charge in [-0.15, -0.1) is 0 Å². The standard InChI is InChI=1S/C20H34O3Si/c1-16(15-23-24(6,7)20(2,3)4)14-18(21)11-8-17-9-12-19(22-5)13-10-17/h9-10,12-13,16H,8,11,14-15H2,1-7H3. The van der Waals surface area contributed by atoms with Crippen LogP contribution in [0.25, 0.3) is 0 Å². The normalized spacial score (nSPS) is 13.6. The highest BCUT2D eigenvalue weighted by Crippen LogP contribution is 2.36. The van der Waals surface area contributed by atoms with Crippen LogP contribution in [0.5, 0.6) is 5.75 Å². The van der Waals surface area contributed by atoms with Crippen LogP contribution in [-0.4, -0.2) is 27.8 Å². The minimum absolute atomic E-state index is 0.213. The number of carbonyl (C=O) groups is 1. The Morgan fingerprint density at radius 1 is 1.17 bits per heavy atom. The molecule has 136 valence electrons. The topological polar surface area (TPSA) is 35.5 Å². The SMILES string of the molecule is COc1ccc(CCC(=O)CC(C)CO[Si](C)(C)C(C)(C)C)cc1. The van der Waals surface area contributed by atoms with E-state index in [9.17, 15) is 4.79 Å². The summed E-state index contributed by atoms with van der Waals surface area (Å²) < 4.78 is 11.4. The molecule has 0 N–H and O–H groups in total. The highest BCUT2D eigenvalue weighted by Gasteiger charge is 2.37. The number of aryl methyl sites for hydroxylation is 1. The van der Waals surface area contributed by atoms with Gasteiger partial charge in [0.2, 0.25) is 0 Å².